The third-order valence-electron chi connectivity index (χ3n) is 3.39. The largest absolute Gasteiger partial charge is 0.240 e. The Morgan fingerprint density at radius 2 is 1.76 bits per heavy atom. The number of hydrogen-bond donors (Lipinski definition) is 1. The Hall–Kier alpha value is -1.17. The molecule has 2 aromatic rings. The Morgan fingerprint density at radius 1 is 1.05 bits per heavy atom. The van der Waals surface area contributed by atoms with E-state index in [1.807, 2.05) is 37.3 Å². The zero-order valence-electron chi connectivity index (χ0n) is 12.1. The average molecular weight is 368 g/mol. The van der Waals surface area contributed by atoms with Gasteiger partial charge in [0.1, 0.15) is 0 Å². The van der Waals surface area contributed by atoms with Gasteiger partial charge in [0.2, 0.25) is 10.0 Å². The standard InChI is InChI=1S/C16H18BrNO2S/c1-12-5-3-4-6-14(12)9-10-18-21(19,20)16-11-15(17)8-7-13(16)2/h3-8,11,18H,9-10H2,1-2H3. The van der Waals surface area contributed by atoms with E-state index in [0.717, 1.165) is 15.6 Å². The van der Waals surface area contributed by atoms with E-state index in [0.29, 0.717) is 17.9 Å². The van der Waals surface area contributed by atoms with Gasteiger partial charge in [-0.1, -0.05) is 46.3 Å². The minimum Gasteiger partial charge on any atom is -0.211 e. The second-order valence-electron chi connectivity index (χ2n) is 4.98. The van der Waals surface area contributed by atoms with Crippen LogP contribution >= 0.6 is 15.9 Å². The summed E-state index contributed by atoms with van der Waals surface area (Å²) in [6.07, 6.45) is 0.680. The van der Waals surface area contributed by atoms with Crippen molar-refractivity contribution in [3.05, 3.63) is 63.6 Å². The van der Waals surface area contributed by atoms with Crippen LogP contribution in [0.25, 0.3) is 0 Å². The summed E-state index contributed by atoms with van der Waals surface area (Å²) in [7, 11) is -3.48. The molecule has 0 aliphatic carbocycles. The molecule has 2 rings (SSSR count). The molecule has 0 saturated carbocycles. The minimum absolute atomic E-state index is 0.321. The fourth-order valence-electron chi connectivity index (χ4n) is 2.15. The molecule has 3 nitrogen and oxygen atoms in total. The molecular formula is C16H18BrNO2S. The first-order valence-electron chi connectivity index (χ1n) is 6.70. The number of hydrogen-bond acceptors (Lipinski definition) is 2. The minimum atomic E-state index is -3.48. The molecule has 5 heteroatoms. The zero-order valence-corrected chi connectivity index (χ0v) is 14.5. The molecule has 0 amide bonds. The van der Waals surface area contributed by atoms with Crippen LogP contribution in [0, 0.1) is 13.8 Å². The van der Waals surface area contributed by atoms with Crippen molar-refractivity contribution >= 4 is 26.0 Å². The third kappa shape index (κ3) is 4.15. The molecule has 2 aromatic carbocycles. The van der Waals surface area contributed by atoms with Gasteiger partial charge in [-0.3, -0.25) is 0 Å². The van der Waals surface area contributed by atoms with E-state index in [4.69, 9.17) is 0 Å². The normalized spacial score (nSPS) is 11.6. The van der Waals surface area contributed by atoms with Crippen LogP contribution < -0.4 is 4.72 Å². The van der Waals surface area contributed by atoms with Gasteiger partial charge in [-0.2, -0.15) is 0 Å². The molecule has 0 spiro atoms. The molecule has 0 atom stereocenters. The highest BCUT2D eigenvalue weighted by molar-refractivity contribution is 9.10. The third-order valence-corrected chi connectivity index (χ3v) is 5.48. The highest BCUT2D eigenvalue weighted by Crippen LogP contribution is 2.20. The SMILES string of the molecule is Cc1ccccc1CCNS(=O)(=O)c1cc(Br)ccc1C. The quantitative estimate of drug-likeness (QED) is 0.877. The van der Waals surface area contributed by atoms with E-state index in [1.165, 1.54) is 5.56 Å². The van der Waals surface area contributed by atoms with Crippen molar-refractivity contribution in [1.82, 2.24) is 4.72 Å². The summed E-state index contributed by atoms with van der Waals surface area (Å²) in [5.74, 6) is 0. The molecular weight excluding hydrogens is 350 g/mol. The predicted molar refractivity (Wildman–Crippen MR) is 89.0 cm³/mol. The average Bonchev–Trinajstić information content (AvgIpc) is 2.43. The van der Waals surface area contributed by atoms with E-state index in [1.54, 1.807) is 19.1 Å². The van der Waals surface area contributed by atoms with Crippen molar-refractivity contribution in [3.8, 4) is 0 Å². The van der Waals surface area contributed by atoms with Gasteiger partial charge < -0.3 is 0 Å². The van der Waals surface area contributed by atoms with Crippen molar-refractivity contribution < 1.29 is 8.42 Å². The van der Waals surface area contributed by atoms with Crippen LogP contribution in [-0.2, 0) is 16.4 Å². The number of aryl methyl sites for hydroxylation is 2. The number of rotatable bonds is 5. The smallest absolute Gasteiger partial charge is 0.211 e. The van der Waals surface area contributed by atoms with E-state index in [-0.39, 0.29) is 0 Å². The van der Waals surface area contributed by atoms with Crippen molar-refractivity contribution in [2.75, 3.05) is 6.54 Å². The Morgan fingerprint density at radius 3 is 2.48 bits per heavy atom. The maximum Gasteiger partial charge on any atom is 0.240 e. The first-order valence-corrected chi connectivity index (χ1v) is 8.98. The van der Waals surface area contributed by atoms with Crippen LogP contribution in [0.15, 0.2) is 51.8 Å². The van der Waals surface area contributed by atoms with Gasteiger partial charge >= 0.3 is 0 Å². The molecule has 21 heavy (non-hydrogen) atoms. The number of benzene rings is 2. The summed E-state index contributed by atoms with van der Waals surface area (Å²) in [4.78, 5) is 0.321. The summed E-state index contributed by atoms with van der Waals surface area (Å²) >= 11 is 3.31. The van der Waals surface area contributed by atoms with Crippen LogP contribution in [-0.4, -0.2) is 15.0 Å². The molecule has 0 aliphatic rings. The van der Waals surface area contributed by atoms with Gasteiger partial charge in [0.05, 0.1) is 4.90 Å². The van der Waals surface area contributed by atoms with Crippen molar-refractivity contribution in [3.63, 3.8) is 0 Å². The van der Waals surface area contributed by atoms with Gasteiger partial charge in [0.15, 0.2) is 0 Å². The number of sulfonamides is 1. The highest BCUT2D eigenvalue weighted by Gasteiger charge is 2.16. The molecule has 0 heterocycles. The highest BCUT2D eigenvalue weighted by atomic mass is 79.9. The summed E-state index contributed by atoms with van der Waals surface area (Å²) in [6.45, 7) is 4.21. The molecule has 0 aliphatic heterocycles. The van der Waals surface area contributed by atoms with Crippen LogP contribution in [0.2, 0.25) is 0 Å². The Balaban J connectivity index is 2.08. The van der Waals surface area contributed by atoms with Gasteiger partial charge in [-0.25, -0.2) is 13.1 Å². The first kappa shape index (κ1) is 16.2. The number of nitrogens with one attached hydrogen (secondary N) is 1. The van der Waals surface area contributed by atoms with Crippen LogP contribution in [0.3, 0.4) is 0 Å². The molecule has 1 N–H and O–H groups in total. The van der Waals surface area contributed by atoms with Gasteiger partial charge in [0.25, 0.3) is 0 Å². The second kappa shape index (κ2) is 6.73. The fraction of sp³-hybridized carbons (Fsp3) is 0.250. The lowest BCUT2D eigenvalue weighted by molar-refractivity contribution is 0.581. The summed E-state index contributed by atoms with van der Waals surface area (Å²) in [6, 6.07) is 13.3. The topological polar surface area (TPSA) is 46.2 Å². The summed E-state index contributed by atoms with van der Waals surface area (Å²) in [5, 5.41) is 0. The van der Waals surface area contributed by atoms with E-state index in [2.05, 4.69) is 20.7 Å². The monoisotopic (exact) mass is 367 g/mol. The lowest BCUT2D eigenvalue weighted by atomic mass is 10.1. The second-order valence-corrected chi connectivity index (χ2v) is 7.64. The molecule has 0 bridgehead atoms. The maximum atomic E-state index is 12.3. The van der Waals surface area contributed by atoms with Crippen LogP contribution in [0.1, 0.15) is 16.7 Å². The Labute approximate surface area is 134 Å². The molecule has 0 aromatic heterocycles. The lowest BCUT2D eigenvalue weighted by Crippen LogP contribution is -2.26. The van der Waals surface area contributed by atoms with Crippen molar-refractivity contribution in [1.29, 1.82) is 0 Å². The van der Waals surface area contributed by atoms with Crippen molar-refractivity contribution in [2.24, 2.45) is 0 Å². The maximum absolute atomic E-state index is 12.3. The lowest BCUT2D eigenvalue weighted by Gasteiger charge is -2.10. The predicted octanol–water partition coefficient (Wildman–Crippen LogP) is 3.59. The molecule has 112 valence electrons. The van der Waals surface area contributed by atoms with Crippen LogP contribution in [0.4, 0.5) is 0 Å². The van der Waals surface area contributed by atoms with Crippen LogP contribution in [0.5, 0.6) is 0 Å². The zero-order chi connectivity index (χ0) is 15.5. The first-order chi connectivity index (χ1) is 9.90. The summed E-state index contributed by atoms with van der Waals surface area (Å²) < 4.78 is 28.1. The molecule has 0 fully saturated rings. The van der Waals surface area contributed by atoms with E-state index in [9.17, 15) is 8.42 Å². The fourth-order valence-corrected chi connectivity index (χ4v) is 3.96. The molecule has 0 unspecified atom stereocenters. The Bertz CT molecular complexity index is 742. The Kier molecular flexibility index (Phi) is 5.19. The van der Waals surface area contributed by atoms with Gasteiger partial charge in [-0.05, 0) is 49.1 Å². The molecule has 0 saturated heterocycles. The number of halogens is 1. The molecule has 0 radical (unpaired) electrons. The van der Waals surface area contributed by atoms with Crippen molar-refractivity contribution in [2.45, 2.75) is 25.2 Å². The van der Waals surface area contributed by atoms with E-state index < -0.39 is 10.0 Å². The van der Waals surface area contributed by atoms with Gasteiger partial charge in [0, 0.05) is 11.0 Å². The van der Waals surface area contributed by atoms with E-state index >= 15 is 0 Å². The van der Waals surface area contributed by atoms with Gasteiger partial charge in [-0.15, -0.1) is 0 Å². The summed E-state index contributed by atoms with van der Waals surface area (Å²) in [5.41, 5.74) is 3.07.